The van der Waals surface area contributed by atoms with E-state index in [1.807, 2.05) is 81.4 Å². The molecule has 0 saturated carbocycles. The van der Waals surface area contributed by atoms with E-state index in [1.165, 1.54) is 0 Å². The van der Waals surface area contributed by atoms with E-state index in [-0.39, 0.29) is 30.1 Å². The first-order chi connectivity index (χ1) is 20.3. The van der Waals surface area contributed by atoms with E-state index in [9.17, 15) is 14.4 Å². The molecule has 1 aliphatic heterocycles. The number of rotatable bonds is 4. The van der Waals surface area contributed by atoms with E-state index in [2.05, 4.69) is 15.6 Å². The Hall–Kier alpha value is -4.60. The molecular weight excluding hydrogens is 530 g/mol. The molecule has 0 fully saturated rings. The predicted molar refractivity (Wildman–Crippen MR) is 160 cm³/mol. The summed E-state index contributed by atoms with van der Waals surface area (Å²) in [7, 11) is 0. The molecule has 3 heterocycles. The number of fused-ring (bicyclic) bond motifs is 2. The van der Waals surface area contributed by atoms with E-state index in [1.54, 1.807) is 15.6 Å². The van der Waals surface area contributed by atoms with Crippen LogP contribution in [0.3, 0.4) is 0 Å². The van der Waals surface area contributed by atoms with Gasteiger partial charge in [-0.15, -0.1) is 0 Å². The number of hydrogen-bond donors (Lipinski definition) is 2. The first-order valence-corrected chi connectivity index (χ1v) is 14.5. The quantitative estimate of drug-likeness (QED) is 0.382. The molecule has 10 heteroatoms. The molecule has 0 saturated heterocycles. The van der Waals surface area contributed by atoms with Crippen molar-refractivity contribution in [2.45, 2.75) is 58.7 Å². The van der Waals surface area contributed by atoms with Crippen LogP contribution < -0.4 is 10.6 Å². The molecule has 2 atom stereocenters. The van der Waals surface area contributed by atoms with Crippen LogP contribution in [0.5, 0.6) is 0 Å². The van der Waals surface area contributed by atoms with E-state index < -0.39 is 12.1 Å². The third-order valence-electron chi connectivity index (χ3n) is 7.36. The zero-order chi connectivity index (χ0) is 29.6. The smallest absolute Gasteiger partial charge is 0.272 e. The van der Waals surface area contributed by atoms with E-state index in [4.69, 9.17) is 10.1 Å². The molecule has 0 bridgehead atoms. The van der Waals surface area contributed by atoms with Crippen LogP contribution in [0.1, 0.15) is 62.4 Å². The van der Waals surface area contributed by atoms with Crippen molar-refractivity contribution < 1.29 is 14.4 Å². The zero-order valence-corrected chi connectivity index (χ0v) is 24.3. The Morgan fingerprint density at radius 3 is 2.48 bits per heavy atom. The van der Waals surface area contributed by atoms with Gasteiger partial charge < -0.3 is 15.5 Å². The van der Waals surface area contributed by atoms with Crippen molar-refractivity contribution in [2.75, 3.05) is 13.1 Å². The number of benzene rings is 2. The number of carbonyl (C=O) groups excluding carboxylic acids is 3. The Balaban J connectivity index is 1.48. The number of nitrogens with one attached hydrogen (secondary N) is 2. The van der Waals surface area contributed by atoms with Gasteiger partial charge in [-0.25, -0.2) is 14.6 Å². The third-order valence-corrected chi connectivity index (χ3v) is 7.36. The standard InChI is InChI=1S/C32H37N7O3/c1-21(2)20-27-31(41)33-22(3)30-36-29(24-11-5-4-6-12-24)37-39(30)19-18-38(17-9-14-28(40)35-27)32(42)26-16-15-23-10-7-8-13-25(23)34-26/h4-8,10-13,15-16,21-22,27H,9,14,17-20H2,1-3H3,(H,33,41)(H,35,40)/t22-,27-/m1/s1. The summed E-state index contributed by atoms with van der Waals surface area (Å²) in [6.07, 6.45) is 1.14. The summed E-state index contributed by atoms with van der Waals surface area (Å²) >= 11 is 0. The van der Waals surface area contributed by atoms with E-state index >= 15 is 0 Å². The van der Waals surface area contributed by atoms with Crippen LogP contribution in [0, 0.1) is 5.92 Å². The van der Waals surface area contributed by atoms with Crippen LogP contribution in [0.4, 0.5) is 0 Å². The Morgan fingerprint density at radius 1 is 0.929 bits per heavy atom. The number of aromatic nitrogens is 4. The molecule has 42 heavy (non-hydrogen) atoms. The van der Waals surface area contributed by atoms with Gasteiger partial charge in [0.25, 0.3) is 5.91 Å². The van der Waals surface area contributed by atoms with Gasteiger partial charge in [0.15, 0.2) is 5.82 Å². The topological polar surface area (TPSA) is 122 Å². The summed E-state index contributed by atoms with van der Waals surface area (Å²) < 4.78 is 1.77. The fourth-order valence-electron chi connectivity index (χ4n) is 5.20. The van der Waals surface area contributed by atoms with Gasteiger partial charge in [-0.3, -0.25) is 14.4 Å². The predicted octanol–water partition coefficient (Wildman–Crippen LogP) is 4.14. The average Bonchev–Trinajstić information content (AvgIpc) is 3.42. The molecule has 218 valence electrons. The van der Waals surface area contributed by atoms with Crippen molar-refractivity contribution in [1.82, 2.24) is 35.3 Å². The van der Waals surface area contributed by atoms with E-state index in [0.717, 1.165) is 16.5 Å². The monoisotopic (exact) mass is 567 g/mol. The summed E-state index contributed by atoms with van der Waals surface area (Å²) in [5.74, 6) is 0.633. The lowest BCUT2D eigenvalue weighted by Crippen LogP contribution is -2.48. The maximum absolute atomic E-state index is 13.7. The van der Waals surface area contributed by atoms with Crippen molar-refractivity contribution in [3.8, 4) is 11.4 Å². The minimum Gasteiger partial charge on any atom is -0.345 e. The van der Waals surface area contributed by atoms with Crippen LogP contribution in [0.2, 0.25) is 0 Å². The number of amides is 3. The summed E-state index contributed by atoms with van der Waals surface area (Å²) in [5, 5.41) is 11.7. The Morgan fingerprint density at radius 2 is 1.69 bits per heavy atom. The van der Waals surface area contributed by atoms with Gasteiger partial charge in [-0.05, 0) is 37.8 Å². The number of nitrogens with zero attached hydrogens (tertiary/aromatic N) is 5. The molecule has 4 aromatic rings. The van der Waals surface area contributed by atoms with Crippen molar-refractivity contribution >= 4 is 28.6 Å². The fraction of sp³-hybridized carbons (Fsp3) is 0.375. The number of carbonyl (C=O) groups is 3. The highest BCUT2D eigenvalue weighted by Gasteiger charge is 2.27. The molecular formula is C32H37N7O3. The van der Waals surface area contributed by atoms with Gasteiger partial charge >= 0.3 is 0 Å². The molecule has 3 amide bonds. The largest absolute Gasteiger partial charge is 0.345 e. The van der Waals surface area contributed by atoms with Crippen LogP contribution in [0.15, 0.2) is 66.7 Å². The number of para-hydroxylation sites is 1. The Labute approximate surface area is 245 Å². The van der Waals surface area contributed by atoms with Gasteiger partial charge in [0.2, 0.25) is 11.8 Å². The molecule has 10 nitrogen and oxygen atoms in total. The SMILES string of the molecule is CC(C)C[C@H]1NC(=O)CCCN(C(=O)c2ccc3ccccc3n2)CCn2nc(-c3ccccc3)nc2[C@@H](C)NC1=O. The maximum Gasteiger partial charge on any atom is 0.272 e. The van der Waals surface area contributed by atoms with Crippen molar-refractivity contribution in [3.05, 3.63) is 78.2 Å². The molecule has 2 aromatic carbocycles. The highest BCUT2D eigenvalue weighted by molar-refractivity contribution is 5.95. The third kappa shape index (κ3) is 6.82. The van der Waals surface area contributed by atoms with Gasteiger partial charge in [-0.2, -0.15) is 5.10 Å². The van der Waals surface area contributed by atoms with Crippen LogP contribution in [-0.4, -0.2) is 61.5 Å². The molecule has 0 aliphatic carbocycles. The average molecular weight is 568 g/mol. The zero-order valence-electron chi connectivity index (χ0n) is 24.3. The highest BCUT2D eigenvalue weighted by Crippen LogP contribution is 2.20. The molecule has 2 N–H and O–H groups in total. The lowest BCUT2D eigenvalue weighted by Gasteiger charge is -2.26. The molecule has 5 rings (SSSR count). The minimum absolute atomic E-state index is 0.194. The number of hydrogen-bond acceptors (Lipinski definition) is 6. The second-order valence-corrected chi connectivity index (χ2v) is 11.1. The van der Waals surface area contributed by atoms with Crippen LogP contribution in [0.25, 0.3) is 22.3 Å². The highest BCUT2D eigenvalue weighted by atomic mass is 16.2. The second-order valence-electron chi connectivity index (χ2n) is 11.1. The van der Waals surface area contributed by atoms with Gasteiger partial charge in [0.1, 0.15) is 17.6 Å². The lowest BCUT2D eigenvalue weighted by molar-refractivity contribution is -0.129. The van der Waals surface area contributed by atoms with Gasteiger partial charge in [-0.1, -0.05) is 68.4 Å². The Bertz CT molecular complexity index is 1570. The van der Waals surface area contributed by atoms with Gasteiger partial charge in [0, 0.05) is 30.5 Å². The minimum atomic E-state index is -0.674. The number of pyridine rings is 1. The fourth-order valence-corrected chi connectivity index (χ4v) is 5.20. The van der Waals surface area contributed by atoms with Crippen molar-refractivity contribution in [3.63, 3.8) is 0 Å². The molecule has 0 spiro atoms. The Kier molecular flexibility index (Phi) is 8.90. The summed E-state index contributed by atoms with van der Waals surface area (Å²) in [6.45, 7) is 6.93. The second kappa shape index (κ2) is 12.9. The lowest BCUT2D eigenvalue weighted by atomic mass is 10.0. The van der Waals surface area contributed by atoms with Crippen molar-refractivity contribution in [1.29, 1.82) is 0 Å². The maximum atomic E-state index is 13.7. The van der Waals surface area contributed by atoms with Crippen molar-refractivity contribution in [2.24, 2.45) is 5.92 Å². The van der Waals surface area contributed by atoms with Crippen LogP contribution in [-0.2, 0) is 16.1 Å². The van der Waals surface area contributed by atoms with Crippen LogP contribution >= 0.6 is 0 Å². The molecule has 1 aliphatic rings. The normalized spacial score (nSPS) is 18.7. The first-order valence-electron chi connectivity index (χ1n) is 14.5. The summed E-state index contributed by atoms with van der Waals surface area (Å²) in [4.78, 5) is 51.1. The summed E-state index contributed by atoms with van der Waals surface area (Å²) in [6, 6.07) is 19.8. The van der Waals surface area contributed by atoms with Gasteiger partial charge in [0.05, 0.1) is 18.1 Å². The molecule has 2 aromatic heterocycles. The molecule has 0 unspecified atom stereocenters. The molecule has 0 radical (unpaired) electrons. The summed E-state index contributed by atoms with van der Waals surface area (Å²) in [5.41, 5.74) is 1.95. The van der Waals surface area contributed by atoms with E-state index in [0.29, 0.717) is 49.8 Å². The first kappa shape index (κ1) is 28.9.